The van der Waals surface area contributed by atoms with Gasteiger partial charge in [-0.1, -0.05) is 46.6 Å². The molecular formula is C12H22O2. The van der Waals surface area contributed by atoms with Gasteiger partial charge in [-0.3, -0.25) is 4.79 Å². The molecule has 0 bridgehead atoms. The first-order valence-electron chi connectivity index (χ1n) is 5.32. The van der Waals surface area contributed by atoms with E-state index >= 15 is 0 Å². The van der Waals surface area contributed by atoms with E-state index in [1.54, 1.807) is 0 Å². The Hall–Kier alpha value is -0.790. The van der Waals surface area contributed by atoms with Crippen LogP contribution in [0.4, 0.5) is 0 Å². The number of hydrogen-bond donors (Lipinski definition) is 0. The van der Waals surface area contributed by atoms with Crippen LogP contribution in [0.25, 0.3) is 0 Å². The van der Waals surface area contributed by atoms with Gasteiger partial charge in [-0.15, -0.1) is 0 Å². The number of rotatable bonds is 7. The molecule has 0 heterocycles. The highest BCUT2D eigenvalue weighted by atomic mass is 16.5. The van der Waals surface area contributed by atoms with Crippen LogP contribution >= 0.6 is 0 Å². The van der Waals surface area contributed by atoms with Gasteiger partial charge in [0.1, 0.15) is 0 Å². The summed E-state index contributed by atoms with van der Waals surface area (Å²) < 4.78 is 4.71. The van der Waals surface area contributed by atoms with Crippen LogP contribution in [0.3, 0.4) is 0 Å². The number of hydrogen-bond acceptors (Lipinski definition) is 2. The fourth-order valence-corrected chi connectivity index (χ4v) is 1.47. The molecule has 0 N–H and O–H groups in total. The Labute approximate surface area is 87.3 Å². The number of carbonyl (C=O) groups excluding carboxylic acids is 1. The zero-order chi connectivity index (χ0) is 11.0. The predicted molar refractivity (Wildman–Crippen MR) is 58.8 cm³/mol. The molecule has 0 saturated heterocycles. The van der Waals surface area contributed by atoms with E-state index in [9.17, 15) is 4.79 Å². The van der Waals surface area contributed by atoms with E-state index in [4.69, 9.17) is 4.74 Å². The fourth-order valence-electron chi connectivity index (χ4n) is 1.47. The third-order valence-electron chi connectivity index (χ3n) is 2.29. The normalized spacial score (nSPS) is 11.1. The molecule has 0 aliphatic rings. The Morgan fingerprint density at radius 1 is 1.43 bits per heavy atom. The van der Waals surface area contributed by atoms with Crippen molar-refractivity contribution in [1.82, 2.24) is 0 Å². The molecule has 0 aliphatic carbocycles. The van der Waals surface area contributed by atoms with Crippen molar-refractivity contribution in [2.24, 2.45) is 5.41 Å². The lowest BCUT2D eigenvalue weighted by atomic mass is 9.84. The highest BCUT2D eigenvalue weighted by Crippen LogP contribution is 2.28. The molecule has 0 spiro atoms. The molecule has 0 rings (SSSR count). The van der Waals surface area contributed by atoms with E-state index in [0.717, 1.165) is 6.42 Å². The molecule has 82 valence electrons. The Bertz CT molecular complexity index is 183. The molecule has 0 fully saturated rings. The van der Waals surface area contributed by atoms with Crippen molar-refractivity contribution in [2.75, 3.05) is 0 Å². The van der Waals surface area contributed by atoms with Crippen LogP contribution in [0.15, 0.2) is 12.8 Å². The molecule has 0 aromatic carbocycles. The molecule has 0 radical (unpaired) electrons. The van der Waals surface area contributed by atoms with Crippen LogP contribution in [0, 0.1) is 5.41 Å². The maximum absolute atomic E-state index is 11.2. The van der Waals surface area contributed by atoms with Gasteiger partial charge in [0.15, 0.2) is 0 Å². The standard InChI is InChI=1S/C12H22O2/c1-5-7-8-9-12(3,4)10-11(13)14-6-2/h6H,2,5,7-10H2,1,3-4H3. The van der Waals surface area contributed by atoms with Crippen LogP contribution in [-0.2, 0) is 9.53 Å². The summed E-state index contributed by atoms with van der Waals surface area (Å²) in [6, 6.07) is 0. The van der Waals surface area contributed by atoms with Crippen LogP contribution in [0.2, 0.25) is 0 Å². The first-order chi connectivity index (χ1) is 6.52. The maximum Gasteiger partial charge on any atom is 0.311 e. The summed E-state index contributed by atoms with van der Waals surface area (Å²) in [6.07, 6.45) is 6.39. The molecule has 2 heteroatoms. The van der Waals surface area contributed by atoms with Crippen molar-refractivity contribution in [3.05, 3.63) is 12.8 Å². The largest absolute Gasteiger partial charge is 0.435 e. The molecule has 0 aliphatic heterocycles. The van der Waals surface area contributed by atoms with Crippen molar-refractivity contribution in [3.63, 3.8) is 0 Å². The van der Waals surface area contributed by atoms with Gasteiger partial charge in [-0.2, -0.15) is 0 Å². The highest BCUT2D eigenvalue weighted by Gasteiger charge is 2.21. The number of ether oxygens (including phenoxy) is 1. The van der Waals surface area contributed by atoms with E-state index in [0.29, 0.717) is 6.42 Å². The smallest absolute Gasteiger partial charge is 0.311 e. The average Bonchev–Trinajstić information content (AvgIpc) is 2.03. The van der Waals surface area contributed by atoms with Gasteiger partial charge < -0.3 is 4.74 Å². The summed E-state index contributed by atoms with van der Waals surface area (Å²) in [5.41, 5.74) is 0.0509. The minimum absolute atomic E-state index is 0.0509. The molecule has 0 aromatic heterocycles. The van der Waals surface area contributed by atoms with Gasteiger partial charge in [0.25, 0.3) is 0 Å². The second kappa shape index (κ2) is 6.63. The van der Waals surface area contributed by atoms with Crippen LogP contribution in [0.5, 0.6) is 0 Å². The number of carbonyl (C=O) groups is 1. The van der Waals surface area contributed by atoms with E-state index in [1.165, 1.54) is 25.5 Å². The molecule has 2 nitrogen and oxygen atoms in total. The van der Waals surface area contributed by atoms with Crippen molar-refractivity contribution < 1.29 is 9.53 Å². The van der Waals surface area contributed by atoms with E-state index in [1.807, 2.05) is 0 Å². The molecule has 0 aromatic rings. The predicted octanol–water partition coefficient (Wildman–Crippen LogP) is 3.67. The molecule has 0 saturated carbocycles. The summed E-state index contributed by atoms with van der Waals surface area (Å²) in [5.74, 6) is -0.179. The first kappa shape index (κ1) is 13.2. The monoisotopic (exact) mass is 198 g/mol. The lowest BCUT2D eigenvalue weighted by Gasteiger charge is -2.22. The zero-order valence-corrected chi connectivity index (χ0v) is 9.64. The van der Waals surface area contributed by atoms with Gasteiger partial charge in [-0.05, 0) is 11.8 Å². The highest BCUT2D eigenvalue weighted by molar-refractivity contribution is 5.70. The van der Waals surface area contributed by atoms with Gasteiger partial charge in [0, 0.05) is 0 Å². The zero-order valence-electron chi connectivity index (χ0n) is 9.64. The second-order valence-electron chi connectivity index (χ2n) is 4.45. The molecular weight excluding hydrogens is 176 g/mol. The second-order valence-corrected chi connectivity index (χ2v) is 4.45. The average molecular weight is 198 g/mol. The number of esters is 1. The summed E-state index contributed by atoms with van der Waals surface area (Å²) in [7, 11) is 0. The molecule has 0 unspecified atom stereocenters. The molecule has 0 amide bonds. The van der Waals surface area contributed by atoms with Crippen molar-refractivity contribution >= 4 is 5.97 Å². The van der Waals surface area contributed by atoms with Crippen molar-refractivity contribution in [3.8, 4) is 0 Å². The van der Waals surface area contributed by atoms with Crippen LogP contribution < -0.4 is 0 Å². The van der Waals surface area contributed by atoms with Crippen LogP contribution in [0.1, 0.15) is 52.9 Å². The fraction of sp³-hybridized carbons (Fsp3) is 0.750. The Morgan fingerprint density at radius 2 is 2.07 bits per heavy atom. The molecule has 0 atom stereocenters. The molecule has 14 heavy (non-hydrogen) atoms. The maximum atomic E-state index is 11.2. The van der Waals surface area contributed by atoms with Gasteiger partial charge in [-0.25, -0.2) is 0 Å². The summed E-state index contributed by atoms with van der Waals surface area (Å²) in [6.45, 7) is 9.75. The number of unbranched alkanes of at least 4 members (excludes halogenated alkanes) is 2. The SMILES string of the molecule is C=COC(=O)CC(C)(C)CCCCC. The summed E-state index contributed by atoms with van der Waals surface area (Å²) >= 11 is 0. The van der Waals surface area contributed by atoms with Gasteiger partial charge in [0.2, 0.25) is 0 Å². The quantitative estimate of drug-likeness (QED) is 0.354. The van der Waals surface area contributed by atoms with E-state index in [2.05, 4.69) is 27.4 Å². The minimum atomic E-state index is -0.179. The third-order valence-corrected chi connectivity index (χ3v) is 2.29. The Kier molecular flexibility index (Phi) is 6.26. The Balaban J connectivity index is 3.80. The Morgan fingerprint density at radius 3 is 2.57 bits per heavy atom. The summed E-state index contributed by atoms with van der Waals surface area (Å²) in [4.78, 5) is 11.2. The lowest BCUT2D eigenvalue weighted by molar-refractivity contribution is -0.140. The van der Waals surface area contributed by atoms with Gasteiger partial charge >= 0.3 is 5.97 Å². The van der Waals surface area contributed by atoms with E-state index < -0.39 is 0 Å². The minimum Gasteiger partial charge on any atom is -0.435 e. The van der Waals surface area contributed by atoms with Gasteiger partial charge in [0.05, 0.1) is 12.7 Å². The lowest BCUT2D eigenvalue weighted by Crippen LogP contribution is -2.17. The topological polar surface area (TPSA) is 26.3 Å². The van der Waals surface area contributed by atoms with E-state index in [-0.39, 0.29) is 11.4 Å². The third kappa shape index (κ3) is 6.70. The first-order valence-corrected chi connectivity index (χ1v) is 5.32. The van der Waals surface area contributed by atoms with Crippen LogP contribution in [-0.4, -0.2) is 5.97 Å². The van der Waals surface area contributed by atoms with Crippen molar-refractivity contribution in [2.45, 2.75) is 52.9 Å². The van der Waals surface area contributed by atoms with Crippen molar-refractivity contribution in [1.29, 1.82) is 0 Å². The summed E-state index contributed by atoms with van der Waals surface area (Å²) in [5, 5.41) is 0.